The molecule has 0 N–H and O–H groups in total. The first-order chi connectivity index (χ1) is 34.3. The Labute approximate surface area is 413 Å². The summed E-state index contributed by atoms with van der Waals surface area (Å²) >= 11 is 0. The molecule has 0 aromatic heterocycles. The number of Topliss-reactive ketones (excluding diaryl/α,β-unsaturated/α-hetero) is 1. The number of carbonyl (C=O) groups is 11. The first-order valence-electron chi connectivity index (χ1n) is 21.7. The van der Waals surface area contributed by atoms with Gasteiger partial charge in [0.2, 0.25) is 11.9 Å². The zero-order chi connectivity index (χ0) is 53.7. The van der Waals surface area contributed by atoms with Crippen LogP contribution in [0.4, 0.5) is 0 Å². The summed E-state index contributed by atoms with van der Waals surface area (Å²) in [5.41, 5.74) is -1.80. The molecule has 23 heteroatoms. The van der Waals surface area contributed by atoms with Gasteiger partial charge >= 0.3 is 59.7 Å². The minimum Gasteiger partial charge on any atom is -0.481 e. The van der Waals surface area contributed by atoms with E-state index < -0.39 is 141 Å². The summed E-state index contributed by atoms with van der Waals surface area (Å²) in [5.74, 6) is -14.4. The fourth-order valence-electron chi connectivity index (χ4n) is 7.94. The van der Waals surface area contributed by atoms with Crippen molar-refractivity contribution < 1.29 is 110 Å². The van der Waals surface area contributed by atoms with Crippen molar-refractivity contribution in [3.63, 3.8) is 0 Å². The third-order valence-electron chi connectivity index (χ3n) is 10.0. The summed E-state index contributed by atoms with van der Waals surface area (Å²) in [4.78, 5) is 142. The molecule has 2 aliphatic heterocycles. The number of benzene rings is 4. The lowest BCUT2D eigenvalue weighted by atomic mass is 9.83. The summed E-state index contributed by atoms with van der Waals surface area (Å²) < 4.78 is 68.8. The van der Waals surface area contributed by atoms with Crippen LogP contribution in [0.15, 0.2) is 48.5 Å². The lowest BCUT2D eigenvalue weighted by molar-refractivity contribution is -0.153. The molecule has 23 nitrogen and oxygen atoms in total. The van der Waals surface area contributed by atoms with E-state index in [9.17, 15) is 52.7 Å². The number of hydrogen-bond acceptors (Lipinski definition) is 23. The molecule has 0 saturated heterocycles. The van der Waals surface area contributed by atoms with Gasteiger partial charge in [0.25, 0.3) is 0 Å². The Bertz CT molecular complexity index is 3040. The number of ether oxygens (including phenoxy) is 12. The Morgan fingerprint density at radius 1 is 0.411 bits per heavy atom. The summed E-state index contributed by atoms with van der Waals surface area (Å²) in [7, 11) is 0. The molecule has 0 unspecified atom stereocenters. The van der Waals surface area contributed by atoms with Gasteiger partial charge in [0, 0.05) is 128 Å². The average Bonchev–Trinajstić information content (AvgIpc) is 3.24. The number of rotatable bonds is 13. The molecule has 4 atom stereocenters. The predicted octanol–water partition coefficient (Wildman–Crippen LogP) is 5.61. The second-order valence-electron chi connectivity index (χ2n) is 16.0. The van der Waals surface area contributed by atoms with Crippen LogP contribution in [0.3, 0.4) is 0 Å². The highest BCUT2D eigenvalue weighted by atomic mass is 16.6. The van der Waals surface area contributed by atoms with Gasteiger partial charge in [-0.25, -0.2) is 0 Å². The van der Waals surface area contributed by atoms with E-state index in [0.29, 0.717) is 0 Å². The van der Waals surface area contributed by atoms with Crippen molar-refractivity contribution in [2.24, 2.45) is 0 Å². The first-order valence-corrected chi connectivity index (χ1v) is 21.7. The van der Waals surface area contributed by atoms with Gasteiger partial charge in [0.15, 0.2) is 35.2 Å². The molecule has 0 aliphatic carbocycles. The highest BCUT2D eigenvalue weighted by molar-refractivity contribution is 6.07. The van der Waals surface area contributed by atoms with Gasteiger partial charge in [-0.15, -0.1) is 0 Å². The molecule has 2 heterocycles. The molecule has 0 radical (unpaired) electrons. The maximum absolute atomic E-state index is 14.9. The predicted molar refractivity (Wildman–Crippen MR) is 241 cm³/mol. The van der Waals surface area contributed by atoms with E-state index in [1.807, 2.05) is 0 Å². The second-order valence-corrected chi connectivity index (χ2v) is 16.0. The molecule has 0 saturated carbocycles. The van der Waals surface area contributed by atoms with Crippen molar-refractivity contribution in [1.29, 1.82) is 0 Å². The largest absolute Gasteiger partial charge is 0.481 e. The molecule has 0 fully saturated rings. The van der Waals surface area contributed by atoms with E-state index >= 15 is 0 Å². The van der Waals surface area contributed by atoms with Crippen LogP contribution in [-0.2, 0) is 63.8 Å². The number of ketones is 1. The highest BCUT2D eigenvalue weighted by Crippen LogP contribution is 2.56. The molecule has 73 heavy (non-hydrogen) atoms. The normalized spacial score (nSPS) is 16.3. The molecular formula is C50H44O23. The fraction of sp³-hybridized carbons (Fsp3) is 0.300. The molecule has 0 amide bonds. The second kappa shape index (κ2) is 21.9. The van der Waals surface area contributed by atoms with E-state index in [2.05, 4.69) is 0 Å². The molecule has 382 valence electrons. The van der Waals surface area contributed by atoms with Crippen LogP contribution >= 0.6 is 0 Å². The first kappa shape index (κ1) is 53.2. The zero-order valence-corrected chi connectivity index (χ0v) is 40.5. The lowest BCUT2D eigenvalue weighted by Crippen LogP contribution is -2.40. The standard InChI is InChI=1S/C50H44O23/c1-20(51)62-30-15-37(66-24(5)55)34-19-41(68-26(7)57)46(72-38(34)16-30)32-11-13-35(64-22(3)53)48(69-27(8)58)42(32)43-33(12-14-36(65-23(4)54)49(43)70-28(9)59)47-50(71-29(10)60)45(61)44-39(67-25(6)56)17-31(63-21(2)52)18-40(44)73-47/h11-18,41,46-47,50H,19H2,1-10H3/t41-,46+,47+,50-/m0/s1. The van der Waals surface area contributed by atoms with E-state index in [1.54, 1.807) is 0 Å². The highest BCUT2D eigenvalue weighted by Gasteiger charge is 2.47. The molecule has 2 aliphatic rings. The van der Waals surface area contributed by atoms with Gasteiger partial charge in [-0.1, -0.05) is 12.1 Å². The summed E-state index contributed by atoms with van der Waals surface area (Å²) in [6.07, 6.45) is -7.40. The third kappa shape index (κ3) is 12.4. The van der Waals surface area contributed by atoms with Gasteiger partial charge in [-0.05, 0) is 12.1 Å². The van der Waals surface area contributed by atoms with Crippen molar-refractivity contribution in [1.82, 2.24) is 0 Å². The molecule has 4 aromatic rings. The average molecular weight is 1010 g/mol. The summed E-state index contributed by atoms with van der Waals surface area (Å²) in [5, 5.41) is 0. The number of esters is 10. The summed E-state index contributed by atoms with van der Waals surface area (Å²) in [6.45, 7) is 10.3. The van der Waals surface area contributed by atoms with Gasteiger partial charge in [-0.2, -0.15) is 0 Å². The number of fused-ring (bicyclic) bond motifs is 2. The topological polar surface area (TPSA) is 299 Å². The molecular weight excluding hydrogens is 969 g/mol. The Hall–Kier alpha value is -9.15. The van der Waals surface area contributed by atoms with Crippen LogP contribution in [0.1, 0.15) is 108 Å². The SMILES string of the molecule is CC(=O)Oc1cc(OC(C)=O)c2c(c1)O[C@H](c1ccc(OC(C)=O)c(OC(C)=O)c1-c1c([C@H]3Oc4cc(OC(C)=O)cc(OC(C)=O)c4C(=O)[C@@H]3OC(C)=O)ccc(OC(C)=O)c1OC(C)=O)[C@@H](OC(C)=O)C2. The van der Waals surface area contributed by atoms with Crippen LogP contribution in [0.25, 0.3) is 11.1 Å². The maximum Gasteiger partial charge on any atom is 0.308 e. The smallest absolute Gasteiger partial charge is 0.308 e. The van der Waals surface area contributed by atoms with E-state index in [1.165, 1.54) is 24.3 Å². The van der Waals surface area contributed by atoms with E-state index in [-0.39, 0.29) is 46.1 Å². The maximum atomic E-state index is 14.9. The van der Waals surface area contributed by atoms with Gasteiger partial charge in [0.1, 0.15) is 46.2 Å². The lowest BCUT2D eigenvalue weighted by Gasteiger charge is -2.37. The Kier molecular flexibility index (Phi) is 15.9. The Balaban J connectivity index is 1.81. The molecule has 0 bridgehead atoms. The van der Waals surface area contributed by atoms with Crippen LogP contribution in [-0.4, -0.2) is 77.7 Å². The van der Waals surface area contributed by atoms with Gasteiger partial charge in [0.05, 0.1) is 0 Å². The van der Waals surface area contributed by atoms with E-state index in [0.717, 1.165) is 93.5 Å². The summed E-state index contributed by atoms with van der Waals surface area (Å²) in [6, 6.07) is 9.31. The molecule has 6 rings (SSSR count). The van der Waals surface area contributed by atoms with Gasteiger partial charge < -0.3 is 56.8 Å². The zero-order valence-electron chi connectivity index (χ0n) is 40.5. The van der Waals surface area contributed by atoms with Crippen molar-refractivity contribution >= 4 is 65.5 Å². The minimum atomic E-state index is -2.06. The monoisotopic (exact) mass is 1010 g/mol. The molecule has 4 aromatic carbocycles. The van der Waals surface area contributed by atoms with Crippen molar-refractivity contribution in [3.8, 4) is 68.6 Å². The van der Waals surface area contributed by atoms with Crippen LogP contribution in [0, 0.1) is 0 Å². The fourth-order valence-corrected chi connectivity index (χ4v) is 7.94. The van der Waals surface area contributed by atoms with Crippen molar-refractivity contribution in [2.45, 2.75) is 100 Å². The third-order valence-corrected chi connectivity index (χ3v) is 10.0. The minimum absolute atomic E-state index is 0.124. The van der Waals surface area contributed by atoms with Crippen molar-refractivity contribution in [3.05, 3.63) is 70.8 Å². The van der Waals surface area contributed by atoms with Gasteiger partial charge in [-0.3, -0.25) is 52.7 Å². The quantitative estimate of drug-likeness (QED) is 0.116. The number of hydrogen-bond donors (Lipinski definition) is 0. The van der Waals surface area contributed by atoms with Crippen LogP contribution in [0.2, 0.25) is 0 Å². The van der Waals surface area contributed by atoms with E-state index in [4.69, 9.17) is 56.8 Å². The Morgan fingerprint density at radius 2 is 0.808 bits per heavy atom. The van der Waals surface area contributed by atoms with Crippen LogP contribution < -0.4 is 47.4 Å². The van der Waals surface area contributed by atoms with Crippen LogP contribution in [0.5, 0.6) is 57.5 Å². The Morgan fingerprint density at radius 3 is 1.26 bits per heavy atom. The van der Waals surface area contributed by atoms with Crippen molar-refractivity contribution in [2.75, 3.05) is 0 Å². The number of carbonyl (C=O) groups excluding carboxylic acids is 11. The molecule has 0 spiro atoms.